The van der Waals surface area contributed by atoms with E-state index in [0.717, 1.165) is 16.7 Å². The monoisotopic (exact) mass is 586 g/mol. The maximum atomic E-state index is 13.8. The number of benzene rings is 3. The first-order chi connectivity index (χ1) is 20.7. The average Bonchev–Trinajstić information content (AvgIpc) is 3.78. The number of nitrogens with one attached hydrogen (secondary N) is 2. The number of carbonyl (C=O) groups is 4. The summed E-state index contributed by atoms with van der Waals surface area (Å²) in [6.07, 6.45) is -0.351. The van der Waals surface area contributed by atoms with Crippen LogP contribution in [0.15, 0.2) is 84.9 Å². The molecular weight excluding hydrogens is 548 g/mol. The molecule has 0 radical (unpaired) electrons. The summed E-state index contributed by atoms with van der Waals surface area (Å²) >= 11 is 0. The van der Waals surface area contributed by atoms with E-state index >= 15 is 0 Å². The zero-order valence-electron chi connectivity index (χ0n) is 24.7. The fraction of sp³-hybridized carbons (Fsp3) is 0.353. The minimum absolute atomic E-state index is 0.0650. The first-order valence-corrected chi connectivity index (χ1v) is 14.3. The van der Waals surface area contributed by atoms with Crippen LogP contribution in [-0.2, 0) is 43.3 Å². The summed E-state index contributed by atoms with van der Waals surface area (Å²) < 4.78 is 15.9. The van der Waals surface area contributed by atoms with Crippen LogP contribution in [0.2, 0.25) is 0 Å². The molecule has 1 heterocycles. The Morgan fingerprint density at radius 2 is 1.42 bits per heavy atom. The highest BCUT2D eigenvalue weighted by Gasteiger charge is 2.50. The quantitative estimate of drug-likeness (QED) is 0.256. The smallest absolute Gasteiger partial charge is 0.408 e. The molecule has 2 amide bonds. The van der Waals surface area contributed by atoms with E-state index < -0.39 is 35.6 Å². The zero-order valence-corrected chi connectivity index (χ0v) is 24.7. The third kappa shape index (κ3) is 9.24. The van der Waals surface area contributed by atoms with Gasteiger partial charge in [-0.25, -0.2) is 4.79 Å². The van der Waals surface area contributed by atoms with Crippen molar-refractivity contribution >= 4 is 23.6 Å². The molecule has 4 atom stereocenters. The third-order valence-corrected chi connectivity index (χ3v) is 7.50. The highest BCUT2D eigenvalue weighted by molar-refractivity contribution is 5.98. The van der Waals surface area contributed by atoms with Crippen molar-refractivity contribution in [1.82, 2.24) is 10.6 Å². The van der Waals surface area contributed by atoms with Crippen LogP contribution in [0, 0.1) is 5.92 Å². The maximum absolute atomic E-state index is 13.8. The van der Waals surface area contributed by atoms with Crippen LogP contribution < -0.4 is 15.4 Å². The Labute approximate surface area is 251 Å². The number of carbonyl (C=O) groups excluding carboxylic acids is 4. The van der Waals surface area contributed by atoms with Crippen molar-refractivity contribution < 1.29 is 33.4 Å². The van der Waals surface area contributed by atoms with Crippen molar-refractivity contribution in [3.8, 4) is 5.75 Å². The highest BCUT2D eigenvalue weighted by Crippen LogP contribution is 2.29. The average molecular weight is 587 g/mol. The first kappa shape index (κ1) is 31.4. The Balaban J connectivity index is 1.45. The fourth-order valence-corrected chi connectivity index (χ4v) is 4.71. The topological polar surface area (TPSA) is 123 Å². The number of alkyl carbamates (subject to hydrolysis) is 1. The van der Waals surface area contributed by atoms with E-state index in [0.29, 0.717) is 18.8 Å². The molecule has 3 aromatic carbocycles. The molecule has 2 N–H and O–H groups in total. The number of Topliss-reactive ketones (excluding diaryl/α,β-unsaturated/α-hetero) is 2. The fourth-order valence-electron chi connectivity index (χ4n) is 4.71. The van der Waals surface area contributed by atoms with E-state index in [2.05, 4.69) is 10.6 Å². The van der Waals surface area contributed by atoms with Gasteiger partial charge in [0.2, 0.25) is 5.91 Å². The van der Waals surface area contributed by atoms with Crippen LogP contribution in [0.5, 0.6) is 5.75 Å². The van der Waals surface area contributed by atoms with Gasteiger partial charge in [-0.05, 0) is 55.5 Å². The number of ether oxygens (including phenoxy) is 3. The van der Waals surface area contributed by atoms with Crippen molar-refractivity contribution in [3.05, 3.63) is 102 Å². The van der Waals surface area contributed by atoms with Gasteiger partial charge in [-0.2, -0.15) is 0 Å². The van der Waals surface area contributed by atoms with E-state index in [9.17, 15) is 19.2 Å². The lowest BCUT2D eigenvalue weighted by Crippen LogP contribution is -2.50. The van der Waals surface area contributed by atoms with Gasteiger partial charge < -0.3 is 24.8 Å². The lowest BCUT2D eigenvalue weighted by Gasteiger charge is -2.24. The van der Waals surface area contributed by atoms with Crippen LogP contribution in [0.4, 0.5) is 4.79 Å². The van der Waals surface area contributed by atoms with Crippen LogP contribution in [-0.4, -0.2) is 55.0 Å². The van der Waals surface area contributed by atoms with Gasteiger partial charge >= 0.3 is 6.09 Å². The van der Waals surface area contributed by atoms with Crippen molar-refractivity contribution in [2.45, 2.75) is 57.4 Å². The SMILES string of the molecule is COc1ccc(CC(CC(=O)C(C)NC(=O)OCc2ccccc2)C(=O)NC(Cc2ccccc2)C(=O)C2(C)CO2)cc1. The molecule has 1 fully saturated rings. The number of hydrogen-bond acceptors (Lipinski definition) is 7. The Morgan fingerprint density at radius 3 is 2.00 bits per heavy atom. The lowest BCUT2D eigenvalue weighted by molar-refractivity contribution is -0.134. The van der Waals surface area contributed by atoms with Gasteiger partial charge in [-0.1, -0.05) is 72.8 Å². The molecule has 1 aliphatic heterocycles. The summed E-state index contributed by atoms with van der Waals surface area (Å²) in [4.78, 5) is 52.8. The molecule has 0 spiro atoms. The molecular formula is C34H38N2O7. The molecule has 0 saturated carbocycles. The standard InChI is InChI=1S/C34H38N2O7/c1-23(35-33(40)42-21-26-12-8-5-9-13-26)30(37)20-27(18-25-14-16-28(41-3)17-15-25)32(39)36-29(31(38)34(2)22-43-34)19-24-10-6-4-7-11-24/h4-17,23,27,29H,18-22H2,1-3H3,(H,35,40)(H,36,39). The number of methoxy groups -OCH3 is 1. The molecule has 43 heavy (non-hydrogen) atoms. The van der Waals surface area contributed by atoms with Crippen LogP contribution in [0.3, 0.4) is 0 Å². The summed E-state index contributed by atoms with van der Waals surface area (Å²) in [7, 11) is 1.57. The van der Waals surface area contributed by atoms with Gasteiger partial charge in [0.05, 0.1) is 25.8 Å². The lowest BCUT2D eigenvalue weighted by atomic mass is 9.90. The predicted octanol–water partition coefficient (Wildman–Crippen LogP) is 4.21. The highest BCUT2D eigenvalue weighted by atomic mass is 16.6. The van der Waals surface area contributed by atoms with E-state index in [1.807, 2.05) is 72.8 Å². The van der Waals surface area contributed by atoms with Crippen LogP contribution >= 0.6 is 0 Å². The van der Waals surface area contributed by atoms with Gasteiger partial charge in [-0.15, -0.1) is 0 Å². The number of epoxide rings is 1. The van der Waals surface area contributed by atoms with Gasteiger partial charge in [0.15, 0.2) is 11.6 Å². The van der Waals surface area contributed by atoms with Crippen molar-refractivity contribution in [3.63, 3.8) is 0 Å². The van der Waals surface area contributed by atoms with E-state index in [1.165, 1.54) is 0 Å². The second-order valence-corrected chi connectivity index (χ2v) is 11.0. The molecule has 3 aromatic rings. The van der Waals surface area contributed by atoms with Gasteiger partial charge in [0.25, 0.3) is 0 Å². The van der Waals surface area contributed by atoms with Gasteiger partial charge in [-0.3, -0.25) is 14.4 Å². The molecule has 9 nitrogen and oxygen atoms in total. The van der Waals surface area contributed by atoms with E-state index in [-0.39, 0.29) is 31.0 Å². The maximum Gasteiger partial charge on any atom is 0.408 e. The third-order valence-electron chi connectivity index (χ3n) is 7.50. The minimum atomic E-state index is -0.938. The van der Waals surface area contributed by atoms with Crippen molar-refractivity contribution in [1.29, 1.82) is 0 Å². The van der Waals surface area contributed by atoms with E-state index in [1.54, 1.807) is 33.1 Å². The summed E-state index contributed by atoms with van der Waals surface area (Å²) in [6, 6.07) is 24.1. The Morgan fingerprint density at radius 1 is 0.837 bits per heavy atom. The summed E-state index contributed by atoms with van der Waals surface area (Å²) in [5, 5.41) is 5.48. The molecule has 1 saturated heterocycles. The molecule has 1 aliphatic rings. The molecule has 9 heteroatoms. The molecule has 0 bridgehead atoms. The Kier molecular flexibility index (Phi) is 10.7. The van der Waals surface area contributed by atoms with E-state index in [4.69, 9.17) is 14.2 Å². The second kappa shape index (κ2) is 14.6. The Hall–Kier alpha value is -4.50. The number of amides is 2. The van der Waals surface area contributed by atoms with Crippen LogP contribution in [0.1, 0.15) is 37.0 Å². The van der Waals surface area contributed by atoms with Gasteiger partial charge in [0, 0.05) is 12.3 Å². The number of rotatable bonds is 15. The molecule has 0 aromatic heterocycles. The number of hydrogen-bond donors (Lipinski definition) is 2. The zero-order chi connectivity index (χ0) is 30.8. The van der Waals surface area contributed by atoms with Gasteiger partial charge in [0.1, 0.15) is 18.0 Å². The Bertz CT molecular complexity index is 1390. The summed E-state index contributed by atoms with van der Waals surface area (Å²) in [6.45, 7) is 3.63. The minimum Gasteiger partial charge on any atom is -0.497 e. The van der Waals surface area contributed by atoms with Crippen molar-refractivity contribution in [2.24, 2.45) is 5.92 Å². The normalized spacial score (nSPS) is 17.6. The van der Waals surface area contributed by atoms with Crippen molar-refractivity contribution in [2.75, 3.05) is 13.7 Å². The molecule has 0 aliphatic carbocycles. The predicted molar refractivity (Wildman–Crippen MR) is 160 cm³/mol. The number of ketones is 2. The molecule has 4 unspecified atom stereocenters. The molecule has 4 rings (SSSR count). The second-order valence-electron chi connectivity index (χ2n) is 11.0. The largest absolute Gasteiger partial charge is 0.497 e. The first-order valence-electron chi connectivity index (χ1n) is 14.3. The molecule has 226 valence electrons. The van der Waals surface area contributed by atoms with Crippen LogP contribution in [0.25, 0.3) is 0 Å². The summed E-state index contributed by atoms with van der Waals surface area (Å²) in [5.74, 6) is -1.12. The summed E-state index contributed by atoms with van der Waals surface area (Å²) in [5.41, 5.74) is 1.59.